The molecule has 0 saturated carbocycles. The first-order valence-electron chi connectivity index (χ1n) is 5.55. The van der Waals surface area contributed by atoms with Gasteiger partial charge in [-0.15, -0.1) is 0 Å². The zero-order valence-electron chi connectivity index (χ0n) is 9.86. The van der Waals surface area contributed by atoms with Crippen LogP contribution in [0.4, 0.5) is 8.78 Å². The van der Waals surface area contributed by atoms with E-state index in [2.05, 4.69) is 0 Å². The lowest BCUT2D eigenvalue weighted by Crippen LogP contribution is -2.06. The van der Waals surface area contributed by atoms with Gasteiger partial charge in [-0.3, -0.25) is 0 Å². The summed E-state index contributed by atoms with van der Waals surface area (Å²) in [5, 5.41) is 0. The number of hydrogen-bond acceptors (Lipinski definition) is 2. The van der Waals surface area contributed by atoms with E-state index in [-0.39, 0.29) is 10.9 Å². The van der Waals surface area contributed by atoms with Crippen LogP contribution in [0.1, 0.15) is 18.5 Å². The fraction of sp³-hybridized carbons (Fsp3) is 0.143. The molecule has 0 bridgehead atoms. The van der Waals surface area contributed by atoms with E-state index in [9.17, 15) is 8.78 Å². The minimum atomic E-state index is -0.447. The van der Waals surface area contributed by atoms with Gasteiger partial charge in [-0.2, -0.15) is 0 Å². The summed E-state index contributed by atoms with van der Waals surface area (Å²) in [6, 6.07) is 10.8. The molecule has 0 heterocycles. The van der Waals surface area contributed by atoms with Crippen molar-refractivity contribution in [2.75, 3.05) is 0 Å². The Labute approximate surface area is 109 Å². The Morgan fingerprint density at radius 3 is 2.50 bits per heavy atom. The molecule has 1 nitrogen and oxygen atoms in total. The normalized spacial score (nSPS) is 12.4. The first-order valence-corrected chi connectivity index (χ1v) is 6.37. The molecule has 2 aromatic carbocycles. The third-order valence-corrected chi connectivity index (χ3v) is 3.65. The third-order valence-electron chi connectivity index (χ3n) is 2.52. The number of benzene rings is 2. The van der Waals surface area contributed by atoms with Gasteiger partial charge in [-0.05, 0) is 36.8 Å². The number of rotatable bonds is 3. The average Bonchev–Trinajstić information content (AvgIpc) is 2.34. The number of hydrogen-bond donors (Lipinski definition) is 1. The first kappa shape index (κ1) is 13.1. The van der Waals surface area contributed by atoms with Crippen LogP contribution in [-0.4, -0.2) is 0 Å². The quantitative estimate of drug-likeness (QED) is 0.902. The summed E-state index contributed by atoms with van der Waals surface area (Å²) in [6.07, 6.45) is 0. The van der Waals surface area contributed by atoms with Crippen molar-refractivity contribution >= 4 is 11.8 Å². The highest BCUT2D eigenvalue weighted by Crippen LogP contribution is 2.34. The molecule has 0 spiro atoms. The first-order chi connectivity index (χ1) is 8.58. The predicted octanol–water partition coefficient (Wildman–Crippen LogP) is 4.14. The van der Waals surface area contributed by atoms with Gasteiger partial charge in [0.05, 0.1) is 4.90 Å². The van der Waals surface area contributed by atoms with Gasteiger partial charge in [0.15, 0.2) is 0 Å². The minimum absolute atomic E-state index is 0.148. The molecule has 0 fully saturated rings. The molecule has 2 N–H and O–H groups in total. The third kappa shape index (κ3) is 2.89. The van der Waals surface area contributed by atoms with Crippen molar-refractivity contribution in [3.05, 3.63) is 59.7 Å². The largest absolute Gasteiger partial charge is 0.324 e. The SMILES string of the molecule is C[C@H](N)c1ccccc1Sc1cc(F)ccc1F. The Bertz CT molecular complexity index is 555. The maximum Gasteiger partial charge on any atom is 0.137 e. The summed E-state index contributed by atoms with van der Waals surface area (Å²) < 4.78 is 26.7. The molecule has 1 atom stereocenters. The van der Waals surface area contributed by atoms with Gasteiger partial charge in [0.2, 0.25) is 0 Å². The van der Waals surface area contributed by atoms with Crippen LogP contribution in [0, 0.1) is 11.6 Å². The van der Waals surface area contributed by atoms with Crippen LogP contribution in [0.25, 0.3) is 0 Å². The van der Waals surface area contributed by atoms with Gasteiger partial charge in [-0.25, -0.2) is 8.78 Å². The van der Waals surface area contributed by atoms with Crippen LogP contribution in [-0.2, 0) is 0 Å². The topological polar surface area (TPSA) is 26.0 Å². The van der Waals surface area contributed by atoms with Gasteiger partial charge in [0.25, 0.3) is 0 Å². The van der Waals surface area contributed by atoms with Crippen LogP contribution in [0.2, 0.25) is 0 Å². The monoisotopic (exact) mass is 265 g/mol. The summed E-state index contributed by atoms with van der Waals surface area (Å²) >= 11 is 1.19. The van der Waals surface area contributed by atoms with E-state index in [0.29, 0.717) is 0 Å². The lowest BCUT2D eigenvalue weighted by atomic mass is 10.1. The van der Waals surface area contributed by atoms with Crippen LogP contribution in [0.5, 0.6) is 0 Å². The lowest BCUT2D eigenvalue weighted by Gasteiger charge is -2.12. The Balaban J connectivity index is 2.37. The highest BCUT2D eigenvalue weighted by molar-refractivity contribution is 7.99. The van der Waals surface area contributed by atoms with Crippen LogP contribution in [0.3, 0.4) is 0 Å². The molecular formula is C14H13F2NS. The van der Waals surface area contributed by atoms with E-state index < -0.39 is 11.6 Å². The standard InChI is InChI=1S/C14H13F2NS/c1-9(17)11-4-2-3-5-13(11)18-14-8-10(15)6-7-12(14)16/h2-9H,17H2,1H3/t9-/m0/s1. The molecule has 0 saturated heterocycles. The molecule has 18 heavy (non-hydrogen) atoms. The van der Waals surface area contributed by atoms with E-state index in [4.69, 9.17) is 5.73 Å². The van der Waals surface area contributed by atoms with Gasteiger partial charge < -0.3 is 5.73 Å². The van der Waals surface area contributed by atoms with Crippen molar-refractivity contribution in [2.24, 2.45) is 5.73 Å². The summed E-state index contributed by atoms with van der Waals surface area (Å²) in [5.74, 6) is -0.877. The molecule has 0 aliphatic heterocycles. The van der Waals surface area contributed by atoms with Gasteiger partial charge in [-0.1, -0.05) is 30.0 Å². The minimum Gasteiger partial charge on any atom is -0.324 e. The van der Waals surface area contributed by atoms with E-state index in [1.54, 1.807) is 0 Å². The molecule has 0 amide bonds. The molecule has 94 valence electrons. The zero-order valence-corrected chi connectivity index (χ0v) is 10.7. The van der Waals surface area contributed by atoms with Gasteiger partial charge >= 0.3 is 0 Å². The number of nitrogens with two attached hydrogens (primary N) is 1. The van der Waals surface area contributed by atoms with Crippen molar-refractivity contribution in [1.29, 1.82) is 0 Å². The molecule has 0 aromatic heterocycles. The second-order valence-corrected chi connectivity index (χ2v) is 5.09. The highest BCUT2D eigenvalue weighted by Gasteiger charge is 2.11. The summed E-state index contributed by atoms with van der Waals surface area (Å²) in [6.45, 7) is 1.86. The summed E-state index contributed by atoms with van der Waals surface area (Å²) in [5.41, 5.74) is 6.78. The molecule has 0 aliphatic rings. The van der Waals surface area contributed by atoms with Crippen molar-refractivity contribution in [2.45, 2.75) is 22.8 Å². The van der Waals surface area contributed by atoms with Crippen LogP contribution >= 0.6 is 11.8 Å². The fourth-order valence-corrected chi connectivity index (χ4v) is 2.72. The Morgan fingerprint density at radius 1 is 1.06 bits per heavy atom. The summed E-state index contributed by atoms with van der Waals surface area (Å²) in [4.78, 5) is 1.11. The van der Waals surface area contributed by atoms with Crippen molar-refractivity contribution in [3.8, 4) is 0 Å². The second-order valence-electron chi connectivity index (χ2n) is 4.00. The molecule has 0 radical (unpaired) electrons. The Kier molecular flexibility index (Phi) is 3.99. The zero-order chi connectivity index (χ0) is 13.1. The molecule has 2 rings (SSSR count). The van der Waals surface area contributed by atoms with Crippen molar-refractivity contribution in [3.63, 3.8) is 0 Å². The van der Waals surface area contributed by atoms with E-state index >= 15 is 0 Å². The molecule has 4 heteroatoms. The lowest BCUT2D eigenvalue weighted by molar-refractivity contribution is 0.577. The molecular weight excluding hydrogens is 252 g/mol. The van der Waals surface area contributed by atoms with Crippen LogP contribution in [0.15, 0.2) is 52.3 Å². The maximum absolute atomic E-state index is 13.6. The average molecular weight is 265 g/mol. The molecule has 0 unspecified atom stereocenters. The number of halogens is 2. The van der Waals surface area contributed by atoms with Crippen molar-refractivity contribution in [1.82, 2.24) is 0 Å². The molecule has 0 aliphatic carbocycles. The van der Waals surface area contributed by atoms with E-state index in [1.807, 2.05) is 31.2 Å². The summed E-state index contributed by atoms with van der Waals surface area (Å²) in [7, 11) is 0. The highest BCUT2D eigenvalue weighted by atomic mass is 32.2. The van der Waals surface area contributed by atoms with E-state index in [1.165, 1.54) is 17.8 Å². The molecule has 2 aromatic rings. The van der Waals surface area contributed by atoms with Gasteiger partial charge in [0, 0.05) is 10.9 Å². The van der Waals surface area contributed by atoms with Crippen LogP contribution < -0.4 is 5.73 Å². The fourth-order valence-electron chi connectivity index (χ4n) is 1.62. The van der Waals surface area contributed by atoms with Crippen molar-refractivity contribution < 1.29 is 8.78 Å². The maximum atomic E-state index is 13.6. The smallest absolute Gasteiger partial charge is 0.137 e. The Hall–Kier alpha value is -1.39. The predicted molar refractivity (Wildman–Crippen MR) is 69.5 cm³/mol. The van der Waals surface area contributed by atoms with Gasteiger partial charge in [0.1, 0.15) is 11.6 Å². The Morgan fingerprint density at radius 2 is 1.78 bits per heavy atom. The second kappa shape index (κ2) is 5.50. The van der Waals surface area contributed by atoms with E-state index in [0.717, 1.165) is 22.6 Å².